The summed E-state index contributed by atoms with van der Waals surface area (Å²) < 4.78 is 34.8. The fourth-order valence-corrected chi connectivity index (χ4v) is 9.83. The summed E-state index contributed by atoms with van der Waals surface area (Å²) in [6, 6.07) is 14.2. The van der Waals surface area contributed by atoms with Gasteiger partial charge in [-0.05, 0) is 132 Å². The van der Waals surface area contributed by atoms with E-state index in [0.29, 0.717) is 21.9 Å². The number of likely N-dealkylation sites (N-methyl/N-ethyl adjacent to an activating group) is 1. The van der Waals surface area contributed by atoms with E-state index in [-0.39, 0.29) is 17.5 Å². The smallest absolute Gasteiger partial charge is 0.243 e. The Bertz CT molecular complexity index is 1290. The van der Waals surface area contributed by atoms with E-state index in [0.717, 1.165) is 70.5 Å². The molecule has 6 rings (SSSR count). The van der Waals surface area contributed by atoms with E-state index in [1.165, 1.54) is 17.5 Å². The Hall–Kier alpha value is -1.64. The number of hydrogen-bond donors (Lipinski definition) is 0. The third kappa shape index (κ3) is 5.03. The van der Waals surface area contributed by atoms with Gasteiger partial charge in [-0.3, -0.25) is 0 Å². The molecule has 3 fully saturated rings. The second kappa shape index (κ2) is 10.6. The van der Waals surface area contributed by atoms with E-state index in [9.17, 15) is 8.42 Å². The van der Waals surface area contributed by atoms with Crippen molar-refractivity contribution < 1.29 is 13.2 Å². The highest BCUT2D eigenvalue weighted by atomic mass is 35.5. The van der Waals surface area contributed by atoms with Crippen molar-refractivity contribution in [3.63, 3.8) is 0 Å². The molecule has 6 nitrogen and oxygen atoms in total. The highest BCUT2D eigenvalue weighted by Gasteiger charge is 2.50. The summed E-state index contributed by atoms with van der Waals surface area (Å²) in [7, 11) is 0.524. The number of sulfonamides is 1. The number of fused-ring (bicyclic) bond motifs is 4. The zero-order valence-corrected chi connectivity index (χ0v) is 25.1. The van der Waals surface area contributed by atoms with Gasteiger partial charge in [0.05, 0.1) is 12.0 Å². The molecule has 4 aliphatic rings. The quantitative estimate of drug-likeness (QED) is 0.436. The van der Waals surface area contributed by atoms with Crippen LogP contribution in [0.15, 0.2) is 47.4 Å². The molecule has 0 amide bonds. The van der Waals surface area contributed by atoms with E-state index in [1.54, 1.807) is 31.4 Å². The molecule has 212 valence electrons. The minimum absolute atomic E-state index is 0.0684. The molecule has 2 saturated heterocycles. The van der Waals surface area contributed by atoms with Gasteiger partial charge < -0.3 is 14.5 Å². The summed E-state index contributed by atoms with van der Waals surface area (Å²) >= 11 is 6.04. The Morgan fingerprint density at radius 2 is 1.72 bits per heavy atom. The van der Waals surface area contributed by atoms with Crippen LogP contribution >= 0.6 is 11.6 Å². The van der Waals surface area contributed by atoms with Crippen LogP contribution in [-0.2, 0) is 21.9 Å². The summed E-state index contributed by atoms with van der Waals surface area (Å²) in [5, 5.41) is 0.559. The summed E-state index contributed by atoms with van der Waals surface area (Å²) in [4.78, 5) is 5.51. The van der Waals surface area contributed by atoms with E-state index >= 15 is 0 Å². The Morgan fingerprint density at radius 1 is 1.03 bits per heavy atom. The molecule has 1 saturated carbocycles. The number of likely N-dealkylation sites (tertiary alicyclic amines) is 2. The average Bonchev–Trinajstić information content (AvgIpc) is 3.76. The molecule has 39 heavy (non-hydrogen) atoms. The van der Waals surface area contributed by atoms with Crippen LogP contribution in [0.1, 0.15) is 56.6 Å². The summed E-state index contributed by atoms with van der Waals surface area (Å²) in [6.07, 6.45) is 7.13. The molecule has 0 radical (unpaired) electrons. The van der Waals surface area contributed by atoms with Gasteiger partial charge in [0.25, 0.3) is 0 Å². The lowest BCUT2D eigenvalue weighted by atomic mass is 9.56. The lowest BCUT2D eigenvalue weighted by Gasteiger charge is -2.56. The van der Waals surface area contributed by atoms with Gasteiger partial charge in [0, 0.05) is 28.6 Å². The highest BCUT2D eigenvalue weighted by Crippen LogP contribution is 2.51. The lowest BCUT2D eigenvalue weighted by molar-refractivity contribution is 0.0272. The zero-order valence-electron chi connectivity index (χ0n) is 23.5. The van der Waals surface area contributed by atoms with Crippen LogP contribution in [0.2, 0.25) is 5.02 Å². The minimum atomic E-state index is -3.53. The fraction of sp³-hybridized carbons (Fsp3) is 0.613. The van der Waals surface area contributed by atoms with E-state index in [4.69, 9.17) is 16.3 Å². The van der Waals surface area contributed by atoms with Gasteiger partial charge in [-0.2, -0.15) is 4.31 Å². The molecule has 2 aliphatic carbocycles. The third-order valence-electron chi connectivity index (χ3n) is 10.3. The van der Waals surface area contributed by atoms with Crippen molar-refractivity contribution in [1.29, 1.82) is 0 Å². The predicted octanol–water partition coefficient (Wildman–Crippen LogP) is 5.19. The first-order valence-electron chi connectivity index (χ1n) is 14.6. The van der Waals surface area contributed by atoms with Crippen LogP contribution in [-0.4, -0.2) is 81.0 Å². The number of hydrogen-bond acceptors (Lipinski definition) is 5. The first-order chi connectivity index (χ1) is 18.7. The van der Waals surface area contributed by atoms with Crippen LogP contribution in [0.4, 0.5) is 0 Å². The molecule has 0 aromatic heterocycles. The first-order valence-corrected chi connectivity index (χ1v) is 16.4. The summed E-state index contributed by atoms with van der Waals surface area (Å²) in [5.41, 5.74) is 3.15. The lowest BCUT2D eigenvalue weighted by Crippen LogP contribution is -2.58. The third-order valence-corrected chi connectivity index (χ3v) is 12.6. The number of nitrogens with zero attached hydrogens (tertiary/aromatic N) is 3. The second-order valence-electron chi connectivity index (χ2n) is 12.3. The molecule has 2 aromatic carbocycles. The molecular formula is C31H42ClN3O3S. The number of halogens is 1. The summed E-state index contributed by atoms with van der Waals surface area (Å²) in [5.74, 6) is 1.55. The standard InChI is InChI=1S/C31H42ClN3O3S/c1-22-30-20-23-4-9-27(38-3)21-29(23)31(22,14-18-33(30)2)15-19-34-16-12-26(13-17-34)35(25-7-8-25)39(36,37)28-10-5-24(32)6-11-28/h4-6,9-11,21-22,25-26,30H,7-8,12-20H2,1-3H3/t22-,30+,31+/m0/s1. The number of piperidine rings is 2. The molecular weight excluding hydrogens is 530 g/mol. The SMILES string of the molecule is COc1ccc2c(c1)[C@@]1(CCN3CCC(N(C4CC4)S(=O)(=O)c4ccc(Cl)cc4)CC3)CCN(C)[C@H](C2)[C@@H]1C. The largest absolute Gasteiger partial charge is 0.497 e. The molecule has 3 atom stereocenters. The maximum Gasteiger partial charge on any atom is 0.243 e. The molecule has 8 heteroatoms. The van der Waals surface area contributed by atoms with Crippen molar-refractivity contribution in [1.82, 2.24) is 14.1 Å². The predicted molar refractivity (Wildman–Crippen MR) is 156 cm³/mol. The molecule has 0 unspecified atom stereocenters. The molecule has 2 bridgehead atoms. The van der Waals surface area contributed by atoms with Crippen LogP contribution in [0.5, 0.6) is 5.75 Å². The van der Waals surface area contributed by atoms with Gasteiger partial charge >= 0.3 is 0 Å². The Labute approximate surface area is 239 Å². The molecule has 0 N–H and O–H groups in total. The topological polar surface area (TPSA) is 53.1 Å². The van der Waals surface area contributed by atoms with Crippen LogP contribution in [0.25, 0.3) is 0 Å². The Kier molecular flexibility index (Phi) is 7.51. The number of benzene rings is 2. The monoisotopic (exact) mass is 571 g/mol. The van der Waals surface area contributed by atoms with Crippen molar-refractivity contribution in [2.24, 2.45) is 5.92 Å². The van der Waals surface area contributed by atoms with Crippen LogP contribution < -0.4 is 4.74 Å². The van der Waals surface area contributed by atoms with Crippen molar-refractivity contribution >= 4 is 21.6 Å². The molecule has 0 spiro atoms. The zero-order chi connectivity index (χ0) is 27.4. The van der Waals surface area contributed by atoms with Crippen molar-refractivity contribution in [2.45, 2.75) is 80.3 Å². The maximum absolute atomic E-state index is 13.6. The van der Waals surface area contributed by atoms with E-state index < -0.39 is 10.0 Å². The van der Waals surface area contributed by atoms with Crippen molar-refractivity contribution in [3.8, 4) is 5.75 Å². The fourth-order valence-electron chi connectivity index (χ4n) is 7.77. The second-order valence-corrected chi connectivity index (χ2v) is 14.6. The first kappa shape index (κ1) is 27.5. The van der Waals surface area contributed by atoms with Gasteiger partial charge in [-0.15, -0.1) is 0 Å². The molecule has 2 heterocycles. The van der Waals surface area contributed by atoms with Gasteiger partial charge in [0.15, 0.2) is 0 Å². The summed E-state index contributed by atoms with van der Waals surface area (Å²) in [6.45, 7) is 6.54. The van der Waals surface area contributed by atoms with E-state index in [2.05, 4.69) is 42.0 Å². The minimum Gasteiger partial charge on any atom is -0.497 e. The van der Waals surface area contributed by atoms with Gasteiger partial charge in [-0.1, -0.05) is 24.6 Å². The molecule has 2 aliphatic heterocycles. The van der Waals surface area contributed by atoms with Gasteiger partial charge in [0.1, 0.15) is 5.75 Å². The Balaban J connectivity index is 1.16. The van der Waals surface area contributed by atoms with Crippen LogP contribution in [0, 0.1) is 5.92 Å². The maximum atomic E-state index is 13.6. The number of methoxy groups -OCH3 is 1. The molecule has 2 aromatic rings. The normalized spacial score (nSPS) is 28.4. The Morgan fingerprint density at radius 3 is 2.38 bits per heavy atom. The number of ether oxygens (including phenoxy) is 1. The van der Waals surface area contributed by atoms with E-state index in [1.807, 2.05) is 4.31 Å². The van der Waals surface area contributed by atoms with Gasteiger partial charge in [0.2, 0.25) is 10.0 Å². The van der Waals surface area contributed by atoms with Crippen molar-refractivity contribution in [2.75, 3.05) is 40.3 Å². The van der Waals surface area contributed by atoms with Crippen molar-refractivity contribution in [3.05, 3.63) is 58.6 Å². The van der Waals surface area contributed by atoms with Gasteiger partial charge in [-0.25, -0.2) is 8.42 Å². The average molecular weight is 572 g/mol. The number of rotatable bonds is 8. The van der Waals surface area contributed by atoms with Crippen LogP contribution in [0.3, 0.4) is 0 Å². The highest BCUT2D eigenvalue weighted by molar-refractivity contribution is 7.89.